The highest BCUT2D eigenvalue weighted by molar-refractivity contribution is 5.88. The fourth-order valence-electron chi connectivity index (χ4n) is 1.36. The zero-order valence-corrected chi connectivity index (χ0v) is 7.47. The highest BCUT2D eigenvalue weighted by Crippen LogP contribution is 2.20. The number of hydrazone groups is 1. The molecule has 4 heteroatoms. The van der Waals surface area contributed by atoms with Crippen molar-refractivity contribution in [2.75, 3.05) is 0 Å². The van der Waals surface area contributed by atoms with Crippen LogP contribution in [-0.2, 0) is 6.61 Å². The van der Waals surface area contributed by atoms with E-state index in [9.17, 15) is 0 Å². The van der Waals surface area contributed by atoms with E-state index >= 15 is 0 Å². The first-order valence-corrected chi connectivity index (χ1v) is 4.20. The topological polar surface area (TPSA) is 71.8 Å². The van der Waals surface area contributed by atoms with Gasteiger partial charge in [-0.05, 0) is 29.8 Å². The van der Waals surface area contributed by atoms with Gasteiger partial charge in [0.15, 0.2) is 0 Å². The fourth-order valence-corrected chi connectivity index (χ4v) is 1.36. The van der Waals surface area contributed by atoms with Gasteiger partial charge in [0.2, 0.25) is 0 Å². The van der Waals surface area contributed by atoms with Gasteiger partial charge in [0.1, 0.15) is 18.0 Å². The normalized spacial score (nSPS) is 11.5. The molecule has 0 aliphatic carbocycles. The van der Waals surface area contributed by atoms with Gasteiger partial charge in [0, 0.05) is 5.39 Å². The minimum atomic E-state index is -0.0883. The third-order valence-corrected chi connectivity index (χ3v) is 1.97. The Kier molecular flexibility index (Phi) is 2.20. The summed E-state index contributed by atoms with van der Waals surface area (Å²) in [6.07, 6.45) is 1.56. The summed E-state index contributed by atoms with van der Waals surface area (Å²) < 4.78 is 5.32. The number of aliphatic hydroxyl groups excluding tert-OH is 1. The number of benzene rings is 1. The van der Waals surface area contributed by atoms with Crippen LogP contribution in [0.5, 0.6) is 0 Å². The minimum Gasteiger partial charge on any atom is -0.459 e. The van der Waals surface area contributed by atoms with E-state index in [-0.39, 0.29) is 6.61 Å². The van der Waals surface area contributed by atoms with Crippen molar-refractivity contribution in [1.82, 2.24) is 0 Å². The SMILES string of the molecule is NN=Cc1ccc2oc(CO)cc2c1. The summed E-state index contributed by atoms with van der Waals surface area (Å²) >= 11 is 0. The second kappa shape index (κ2) is 3.51. The van der Waals surface area contributed by atoms with Crippen molar-refractivity contribution in [3.05, 3.63) is 35.6 Å². The molecule has 0 atom stereocenters. The first kappa shape index (κ1) is 8.77. The monoisotopic (exact) mass is 190 g/mol. The Balaban J connectivity index is 2.53. The number of hydrogen-bond donors (Lipinski definition) is 2. The molecule has 2 rings (SSSR count). The third kappa shape index (κ3) is 1.47. The van der Waals surface area contributed by atoms with Crippen molar-refractivity contribution in [1.29, 1.82) is 0 Å². The van der Waals surface area contributed by atoms with E-state index in [1.807, 2.05) is 18.2 Å². The quantitative estimate of drug-likeness (QED) is 0.425. The minimum absolute atomic E-state index is 0.0883. The Morgan fingerprint density at radius 2 is 2.29 bits per heavy atom. The highest BCUT2D eigenvalue weighted by atomic mass is 16.4. The fraction of sp³-hybridized carbons (Fsp3) is 0.100. The average Bonchev–Trinajstić information content (AvgIpc) is 2.60. The lowest BCUT2D eigenvalue weighted by Gasteiger charge is -1.90. The lowest BCUT2D eigenvalue weighted by molar-refractivity contribution is 0.251. The van der Waals surface area contributed by atoms with Crippen molar-refractivity contribution < 1.29 is 9.52 Å². The zero-order chi connectivity index (χ0) is 9.97. The molecule has 0 unspecified atom stereocenters. The molecule has 1 heterocycles. The number of nitrogens with two attached hydrogens (primary N) is 1. The van der Waals surface area contributed by atoms with Gasteiger partial charge >= 0.3 is 0 Å². The maximum Gasteiger partial charge on any atom is 0.134 e. The number of fused-ring (bicyclic) bond motifs is 1. The molecule has 0 radical (unpaired) electrons. The zero-order valence-electron chi connectivity index (χ0n) is 7.47. The van der Waals surface area contributed by atoms with Crippen molar-refractivity contribution in [3.8, 4) is 0 Å². The van der Waals surface area contributed by atoms with E-state index in [4.69, 9.17) is 15.4 Å². The summed E-state index contributed by atoms with van der Waals surface area (Å²) in [7, 11) is 0. The molecule has 14 heavy (non-hydrogen) atoms. The van der Waals surface area contributed by atoms with Crippen LogP contribution in [0.3, 0.4) is 0 Å². The van der Waals surface area contributed by atoms with Crippen molar-refractivity contribution >= 4 is 17.2 Å². The number of furan rings is 1. The molecule has 0 spiro atoms. The standard InChI is InChI=1S/C10H10N2O2/c11-12-5-7-1-2-10-8(3-7)4-9(6-13)14-10/h1-5,13H,6,11H2. The number of hydrogen-bond acceptors (Lipinski definition) is 4. The number of rotatable bonds is 2. The second-order valence-electron chi connectivity index (χ2n) is 2.95. The van der Waals surface area contributed by atoms with Gasteiger partial charge in [-0.3, -0.25) is 0 Å². The molecule has 0 saturated heterocycles. The van der Waals surface area contributed by atoms with Crippen molar-refractivity contribution in [3.63, 3.8) is 0 Å². The lowest BCUT2D eigenvalue weighted by atomic mass is 10.2. The van der Waals surface area contributed by atoms with E-state index in [0.29, 0.717) is 5.76 Å². The Morgan fingerprint density at radius 1 is 1.43 bits per heavy atom. The van der Waals surface area contributed by atoms with Crippen LogP contribution in [0.15, 0.2) is 33.8 Å². The second-order valence-corrected chi connectivity index (χ2v) is 2.95. The van der Waals surface area contributed by atoms with Gasteiger partial charge in [-0.1, -0.05) is 0 Å². The highest BCUT2D eigenvalue weighted by Gasteiger charge is 2.02. The van der Waals surface area contributed by atoms with Crippen LogP contribution in [0, 0.1) is 0 Å². The summed E-state index contributed by atoms with van der Waals surface area (Å²) in [4.78, 5) is 0. The van der Waals surface area contributed by atoms with Crippen LogP contribution < -0.4 is 5.84 Å². The van der Waals surface area contributed by atoms with Gasteiger partial charge in [-0.2, -0.15) is 5.10 Å². The summed E-state index contributed by atoms with van der Waals surface area (Å²) in [5.41, 5.74) is 1.66. The van der Waals surface area contributed by atoms with E-state index in [1.54, 1.807) is 12.3 Å². The average molecular weight is 190 g/mol. The molecule has 1 aromatic heterocycles. The van der Waals surface area contributed by atoms with Crippen LogP contribution >= 0.6 is 0 Å². The Hall–Kier alpha value is -1.81. The van der Waals surface area contributed by atoms with E-state index < -0.39 is 0 Å². The molecule has 3 N–H and O–H groups in total. The Bertz CT molecular complexity index is 474. The molecule has 2 aromatic rings. The van der Waals surface area contributed by atoms with E-state index in [0.717, 1.165) is 16.5 Å². The first-order chi connectivity index (χ1) is 6.83. The number of nitrogens with zero attached hydrogens (tertiary/aromatic N) is 1. The van der Waals surface area contributed by atoms with Crippen molar-refractivity contribution in [2.24, 2.45) is 10.9 Å². The molecule has 0 bridgehead atoms. The van der Waals surface area contributed by atoms with E-state index in [2.05, 4.69) is 5.10 Å². The molecule has 0 fully saturated rings. The Labute approximate surface area is 80.6 Å². The van der Waals surface area contributed by atoms with Crippen LogP contribution in [0.25, 0.3) is 11.0 Å². The molecule has 1 aromatic carbocycles. The summed E-state index contributed by atoms with van der Waals surface area (Å²) in [6, 6.07) is 7.37. The van der Waals surface area contributed by atoms with Gasteiger partial charge in [-0.15, -0.1) is 0 Å². The molecule has 4 nitrogen and oxygen atoms in total. The molecule has 0 aliphatic heterocycles. The number of aliphatic hydroxyl groups is 1. The van der Waals surface area contributed by atoms with E-state index in [1.165, 1.54) is 0 Å². The molecule has 0 aliphatic rings. The molecule has 0 saturated carbocycles. The van der Waals surface area contributed by atoms with Gasteiger partial charge < -0.3 is 15.4 Å². The smallest absolute Gasteiger partial charge is 0.134 e. The predicted octanol–water partition coefficient (Wildman–Crippen LogP) is 1.22. The molecular weight excluding hydrogens is 180 g/mol. The van der Waals surface area contributed by atoms with Gasteiger partial charge in [0.25, 0.3) is 0 Å². The van der Waals surface area contributed by atoms with Crippen LogP contribution in [0.4, 0.5) is 0 Å². The Morgan fingerprint density at radius 3 is 3.00 bits per heavy atom. The van der Waals surface area contributed by atoms with Gasteiger partial charge in [-0.25, -0.2) is 0 Å². The largest absolute Gasteiger partial charge is 0.459 e. The molecule has 0 amide bonds. The van der Waals surface area contributed by atoms with Crippen LogP contribution in [-0.4, -0.2) is 11.3 Å². The summed E-state index contributed by atoms with van der Waals surface area (Å²) in [6.45, 7) is -0.0883. The summed E-state index contributed by atoms with van der Waals surface area (Å²) in [5, 5.41) is 13.2. The predicted molar refractivity (Wildman–Crippen MR) is 53.9 cm³/mol. The van der Waals surface area contributed by atoms with Crippen LogP contribution in [0.1, 0.15) is 11.3 Å². The van der Waals surface area contributed by atoms with Gasteiger partial charge in [0.05, 0.1) is 6.21 Å². The maximum atomic E-state index is 8.87. The van der Waals surface area contributed by atoms with Crippen molar-refractivity contribution in [2.45, 2.75) is 6.61 Å². The summed E-state index contributed by atoms with van der Waals surface area (Å²) in [5.74, 6) is 5.60. The molecular formula is C10H10N2O2. The lowest BCUT2D eigenvalue weighted by Crippen LogP contribution is -1.84. The maximum absolute atomic E-state index is 8.87. The first-order valence-electron chi connectivity index (χ1n) is 4.20. The molecule has 72 valence electrons. The third-order valence-electron chi connectivity index (χ3n) is 1.97. The van der Waals surface area contributed by atoms with Crippen LogP contribution in [0.2, 0.25) is 0 Å².